The van der Waals surface area contributed by atoms with Crippen LogP contribution in [0.4, 0.5) is 0 Å². The number of aliphatic carboxylic acids is 1. The lowest BCUT2D eigenvalue weighted by atomic mass is 10.1. The molecule has 2 rings (SSSR count). The fourth-order valence-electron chi connectivity index (χ4n) is 2.58. The van der Waals surface area contributed by atoms with Gasteiger partial charge in [-0.05, 0) is 25.8 Å². The van der Waals surface area contributed by atoms with E-state index < -0.39 is 12.0 Å². The fourth-order valence-corrected chi connectivity index (χ4v) is 3.63. The molecule has 0 saturated heterocycles. The Bertz CT molecular complexity index is 840. The number of carbonyl (C=O) groups excluding carboxylic acids is 1. The average Bonchev–Trinajstić information content (AvgIpc) is 2.84. The molecular formula is C17H23N3O4S. The second kappa shape index (κ2) is 8.24. The number of hydrogen-bond acceptors (Lipinski definition) is 5. The van der Waals surface area contributed by atoms with Gasteiger partial charge in [0.25, 0.3) is 5.56 Å². The Balaban J connectivity index is 2.03. The van der Waals surface area contributed by atoms with Crippen LogP contribution in [0.15, 0.2) is 4.79 Å². The third kappa shape index (κ3) is 4.66. The van der Waals surface area contributed by atoms with Crippen molar-refractivity contribution in [3.8, 4) is 0 Å². The van der Waals surface area contributed by atoms with Crippen molar-refractivity contribution < 1.29 is 14.7 Å². The van der Waals surface area contributed by atoms with E-state index in [1.165, 1.54) is 11.3 Å². The molecule has 0 radical (unpaired) electrons. The van der Waals surface area contributed by atoms with Gasteiger partial charge < -0.3 is 15.4 Å². The van der Waals surface area contributed by atoms with Crippen molar-refractivity contribution in [2.45, 2.75) is 58.9 Å². The number of H-pyrrole nitrogens is 1. The molecule has 0 saturated carbocycles. The highest BCUT2D eigenvalue weighted by atomic mass is 32.1. The van der Waals surface area contributed by atoms with Crippen LogP contribution in [0, 0.1) is 13.8 Å². The van der Waals surface area contributed by atoms with Crippen LogP contribution in [0.3, 0.4) is 0 Å². The molecule has 0 aromatic carbocycles. The SMILES string of the molecule is CCCC[C@H](NC(=O)CCc1nc2sc(C)c(C)c2c(=O)[nH]1)C(=O)O. The molecule has 2 aromatic heterocycles. The first-order chi connectivity index (χ1) is 11.8. The number of rotatable bonds is 8. The van der Waals surface area contributed by atoms with Crippen molar-refractivity contribution in [3.63, 3.8) is 0 Å². The van der Waals surface area contributed by atoms with E-state index in [2.05, 4.69) is 15.3 Å². The topological polar surface area (TPSA) is 112 Å². The Hall–Kier alpha value is -2.22. The average molecular weight is 365 g/mol. The van der Waals surface area contributed by atoms with Gasteiger partial charge in [0.05, 0.1) is 5.39 Å². The number of carboxylic acid groups (broad SMARTS) is 1. The summed E-state index contributed by atoms with van der Waals surface area (Å²) >= 11 is 1.46. The number of carbonyl (C=O) groups is 2. The first-order valence-corrected chi connectivity index (χ1v) is 9.16. The van der Waals surface area contributed by atoms with Crippen molar-refractivity contribution in [1.29, 1.82) is 0 Å². The Labute approximate surface area is 149 Å². The highest BCUT2D eigenvalue weighted by molar-refractivity contribution is 7.18. The van der Waals surface area contributed by atoms with Gasteiger partial charge in [-0.3, -0.25) is 9.59 Å². The highest BCUT2D eigenvalue weighted by Crippen LogP contribution is 2.25. The summed E-state index contributed by atoms with van der Waals surface area (Å²) in [5.41, 5.74) is 0.729. The van der Waals surface area contributed by atoms with Crippen LogP contribution in [0.2, 0.25) is 0 Å². The predicted molar refractivity (Wildman–Crippen MR) is 97.1 cm³/mol. The van der Waals surface area contributed by atoms with Crippen LogP contribution < -0.4 is 10.9 Å². The molecule has 0 fully saturated rings. The second-order valence-electron chi connectivity index (χ2n) is 6.08. The number of fused-ring (bicyclic) bond motifs is 1. The van der Waals surface area contributed by atoms with Crippen molar-refractivity contribution >= 4 is 33.4 Å². The largest absolute Gasteiger partial charge is 0.480 e. The maximum atomic E-state index is 12.2. The number of thiophene rings is 1. The highest BCUT2D eigenvalue weighted by Gasteiger charge is 2.19. The van der Waals surface area contributed by atoms with Gasteiger partial charge in [-0.2, -0.15) is 0 Å². The molecular weight excluding hydrogens is 342 g/mol. The summed E-state index contributed by atoms with van der Waals surface area (Å²) < 4.78 is 0. The number of nitrogens with zero attached hydrogens (tertiary/aromatic N) is 1. The normalized spacial score (nSPS) is 12.3. The number of unbranched alkanes of at least 4 members (excludes halogenated alkanes) is 1. The summed E-state index contributed by atoms with van der Waals surface area (Å²) in [6, 6.07) is -0.871. The Morgan fingerprint density at radius 1 is 1.36 bits per heavy atom. The first-order valence-electron chi connectivity index (χ1n) is 8.34. The maximum absolute atomic E-state index is 12.2. The van der Waals surface area contributed by atoms with Gasteiger partial charge in [0, 0.05) is 17.7 Å². The zero-order chi connectivity index (χ0) is 18.6. The number of carboxylic acids is 1. The zero-order valence-corrected chi connectivity index (χ0v) is 15.5. The van der Waals surface area contributed by atoms with E-state index in [-0.39, 0.29) is 24.3 Å². The van der Waals surface area contributed by atoms with E-state index >= 15 is 0 Å². The summed E-state index contributed by atoms with van der Waals surface area (Å²) in [5, 5.41) is 12.3. The van der Waals surface area contributed by atoms with Crippen molar-refractivity contribution in [2.75, 3.05) is 0 Å². The van der Waals surface area contributed by atoms with Gasteiger partial charge >= 0.3 is 5.97 Å². The van der Waals surface area contributed by atoms with Gasteiger partial charge in [0.15, 0.2) is 0 Å². The second-order valence-corrected chi connectivity index (χ2v) is 7.28. The third-order valence-electron chi connectivity index (χ3n) is 4.16. The molecule has 0 unspecified atom stereocenters. The van der Waals surface area contributed by atoms with E-state index in [9.17, 15) is 14.4 Å². The molecule has 7 nitrogen and oxygen atoms in total. The lowest BCUT2D eigenvalue weighted by Crippen LogP contribution is -2.40. The number of amides is 1. The smallest absolute Gasteiger partial charge is 0.326 e. The van der Waals surface area contributed by atoms with Crippen molar-refractivity contribution in [3.05, 3.63) is 26.6 Å². The van der Waals surface area contributed by atoms with E-state index in [0.29, 0.717) is 22.5 Å². The molecule has 1 amide bonds. The van der Waals surface area contributed by atoms with Gasteiger partial charge in [0.1, 0.15) is 16.7 Å². The number of nitrogens with one attached hydrogen (secondary N) is 2. The van der Waals surface area contributed by atoms with E-state index in [0.717, 1.165) is 23.3 Å². The van der Waals surface area contributed by atoms with Crippen LogP contribution in [-0.2, 0) is 16.0 Å². The van der Waals surface area contributed by atoms with Crippen LogP contribution in [0.5, 0.6) is 0 Å². The Morgan fingerprint density at radius 3 is 2.72 bits per heavy atom. The van der Waals surface area contributed by atoms with Crippen LogP contribution in [-0.4, -0.2) is 33.0 Å². The molecule has 8 heteroatoms. The van der Waals surface area contributed by atoms with Gasteiger partial charge in [-0.1, -0.05) is 19.8 Å². The molecule has 2 heterocycles. The lowest BCUT2D eigenvalue weighted by Gasteiger charge is -2.13. The van der Waals surface area contributed by atoms with Crippen LogP contribution >= 0.6 is 11.3 Å². The molecule has 25 heavy (non-hydrogen) atoms. The fraction of sp³-hybridized carbons (Fsp3) is 0.529. The molecule has 0 aliphatic rings. The maximum Gasteiger partial charge on any atom is 0.326 e. The molecule has 0 aliphatic carbocycles. The summed E-state index contributed by atoms with van der Waals surface area (Å²) in [5.74, 6) is -0.946. The summed E-state index contributed by atoms with van der Waals surface area (Å²) in [7, 11) is 0. The van der Waals surface area contributed by atoms with Crippen LogP contribution in [0.25, 0.3) is 10.2 Å². The minimum atomic E-state index is -1.03. The molecule has 0 aliphatic heterocycles. The monoisotopic (exact) mass is 365 g/mol. The summed E-state index contributed by atoms with van der Waals surface area (Å²) in [6.45, 7) is 5.80. The predicted octanol–water partition coefficient (Wildman–Crippen LogP) is 2.29. The molecule has 0 bridgehead atoms. The van der Waals surface area contributed by atoms with Crippen molar-refractivity contribution in [2.24, 2.45) is 0 Å². The minimum Gasteiger partial charge on any atom is -0.480 e. The van der Waals surface area contributed by atoms with E-state index in [4.69, 9.17) is 5.11 Å². The number of hydrogen-bond donors (Lipinski definition) is 3. The standard InChI is InChI=1S/C17H23N3O4S/c1-4-5-6-11(17(23)24)18-13(21)8-7-12-19-15(22)14-9(2)10(3)25-16(14)20-12/h11H,4-8H2,1-3H3,(H,18,21)(H,23,24)(H,19,20,22)/t11-/m0/s1. The molecule has 136 valence electrons. The third-order valence-corrected chi connectivity index (χ3v) is 5.26. The minimum absolute atomic E-state index is 0.0771. The van der Waals surface area contributed by atoms with Gasteiger partial charge in [0.2, 0.25) is 5.91 Å². The molecule has 0 spiro atoms. The van der Waals surface area contributed by atoms with Gasteiger partial charge in [-0.25, -0.2) is 9.78 Å². The molecule has 2 aromatic rings. The number of aryl methyl sites for hydroxylation is 3. The Kier molecular flexibility index (Phi) is 6.30. The number of aromatic amines is 1. The van der Waals surface area contributed by atoms with E-state index in [1.54, 1.807) is 0 Å². The van der Waals surface area contributed by atoms with Crippen LogP contribution in [0.1, 0.15) is 48.9 Å². The zero-order valence-electron chi connectivity index (χ0n) is 14.6. The van der Waals surface area contributed by atoms with E-state index in [1.807, 2.05) is 20.8 Å². The van der Waals surface area contributed by atoms with Crippen molar-refractivity contribution in [1.82, 2.24) is 15.3 Å². The molecule has 3 N–H and O–H groups in total. The first kappa shape index (κ1) is 19.1. The summed E-state index contributed by atoms with van der Waals surface area (Å²) in [6.07, 6.45) is 2.34. The Morgan fingerprint density at radius 2 is 2.08 bits per heavy atom. The quantitative estimate of drug-likeness (QED) is 0.664. The van der Waals surface area contributed by atoms with Gasteiger partial charge in [-0.15, -0.1) is 11.3 Å². The number of aromatic nitrogens is 2. The lowest BCUT2D eigenvalue weighted by molar-refractivity contribution is -0.142. The molecule has 1 atom stereocenters. The summed E-state index contributed by atoms with van der Waals surface area (Å²) in [4.78, 5) is 44.2.